The van der Waals surface area contributed by atoms with Crippen LogP contribution >= 0.6 is 0 Å². The summed E-state index contributed by atoms with van der Waals surface area (Å²) in [4.78, 5) is 29.4. The minimum Gasteiger partial charge on any atom is -0.423 e. The molecule has 1 saturated carbocycles. The van der Waals surface area contributed by atoms with Gasteiger partial charge in [-0.1, -0.05) is 6.07 Å². The minimum absolute atomic E-state index is 0.157. The molecule has 0 saturated heterocycles. The smallest absolute Gasteiger partial charge is 0.349 e. The molecule has 0 unspecified atom stereocenters. The lowest BCUT2D eigenvalue weighted by Crippen LogP contribution is -2.25. The summed E-state index contributed by atoms with van der Waals surface area (Å²) in [6, 6.07) is 8.78. The van der Waals surface area contributed by atoms with Crippen LogP contribution in [0.4, 0.5) is 0 Å². The van der Waals surface area contributed by atoms with Gasteiger partial charge in [0.2, 0.25) is 0 Å². The van der Waals surface area contributed by atoms with Crippen molar-refractivity contribution < 1.29 is 14.3 Å². The summed E-state index contributed by atoms with van der Waals surface area (Å²) in [5.41, 5.74) is 3.50. The van der Waals surface area contributed by atoms with Gasteiger partial charge in [-0.05, 0) is 57.9 Å². The van der Waals surface area contributed by atoms with Crippen LogP contribution < -0.4 is 10.1 Å². The molecule has 27 heavy (non-hydrogen) atoms. The van der Waals surface area contributed by atoms with E-state index in [4.69, 9.17) is 4.74 Å². The Kier molecular flexibility index (Phi) is 4.14. The van der Waals surface area contributed by atoms with Crippen molar-refractivity contribution in [2.24, 2.45) is 0 Å². The van der Waals surface area contributed by atoms with Crippen molar-refractivity contribution in [3.05, 3.63) is 58.5 Å². The lowest BCUT2D eigenvalue weighted by atomic mass is 10.2. The van der Waals surface area contributed by atoms with Crippen LogP contribution in [0, 0.1) is 20.8 Å². The second kappa shape index (κ2) is 6.50. The molecule has 2 heterocycles. The Hall–Kier alpha value is -3.22. The van der Waals surface area contributed by atoms with Crippen molar-refractivity contribution in [3.63, 3.8) is 0 Å². The van der Waals surface area contributed by atoms with Gasteiger partial charge in [-0.25, -0.2) is 14.3 Å². The zero-order chi connectivity index (χ0) is 19.1. The number of carbonyl (C=O) groups is 2. The first-order chi connectivity index (χ1) is 12.9. The van der Waals surface area contributed by atoms with Crippen LogP contribution in [0.1, 0.15) is 50.6 Å². The molecule has 0 atom stereocenters. The number of hydrogen-bond acceptors (Lipinski definition) is 5. The largest absolute Gasteiger partial charge is 0.423 e. The number of aromatic nitrogens is 3. The van der Waals surface area contributed by atoms with Crippen LogP contribution in [-0.2, 0) is 0 Å². The third-order valence-electron chi connectivity index (χ3n) is 4.49. The molecule has 138 valence electrons. The molecule has 0 radical (unpaired) electrons. The summed E-state index contributed by atoms with van der Waals surface area (Å²) in [5, 5.41) is 7.31. The maximum Gasteiger partial charge on any atom is 0.349 e. The fourth-order valence-electron chi connectivity index (χ4n) is 3.02. The van der Waals surface area contributed by atoms with Crippen LogP contribution in [0.3, 0.4) is 0 Å². The highest BCUT2D eigenvalue weighted by molar-refractivity contribution is 5.99. The van der Waals surface area contributed by atoms with Gasteiger partial charge in [-0.2, -0.15) is 5.10 Å². The van der Waals surface area contributed by atoms with Gasteiger partial charge in [0.25, 0.3) is 5.91 Å². The molecular weight excluding hydrogens is 344 g/mol. The standard InChI is InChI=1S/C20H20N4O3/c1-11-9-12(2)24-18(21-11)17(13(3)23-24)20(26)27-16-6-4-5-14(10-16)19(25)22-15-7-8-15/h4-6,9-10,15H,7-8H2,1-3H3,(H,22,25). The Balaban J connectivity index is 1.62. The van der Waals surface area contributed by atoms with Crippen molar-refractivity contribution in [2.75, 3.05) is 0 Å². The maximum atomic E-state index is 12.8. The SMILES string of the molecule is Cc1cc(C)n2nc(C)c(C(=O)Oc3cccc(C(=O)NC4CC4)c3)c2n1. The molecule has 2 aromatic heterocycles. The van der Waals surface area contributed by atoms with E-state index in [2.05, 4.69) is 15.4 Å². The van der Waals surface area contributed by atoms with Crippen LogP contribution in [0.15, 0.2) is 30.3 Å². The van der Waals surface area contributed by atoms with E-state index in [9.17, 15) is 9.59 Å². The Morgan fingerprint density at radius 3 is 2.70 bits per heavy atom. The fourth-order valence-corrected chi connectivity index (χ4v) is 3.02. The number of rotatable bonds is 4. The van der Waals surface area contributed by atoms with E-state index in [1.807, 2.05) is 19.9 Å². The maximum absolute atomic E-state index is 12.8. The molecule has 4 rings (SSSR count). The second-order valence-electron chi connectivity index (χ2n) is 6.90. The lowest BCUT2D eigenvalue weighted by molar-refractivity contribution is 0.0734. The number of carbonyl (C=O) groups excluding carboxylic acids is 2. The number of nitrogens with zero attached hydrogens (tertiary/aromatic N) is 3. The summed E-state index contributed by atoms with van der Waals surface area (Å²) in [5.74, 6) is -0.387. The molecule has 0 bridgehead atoms. The van der Waals surface area contributed by atoms with Crippen LogP contribution in [-0.4, -0.2) is 32.5 Å². The summed E-state index contributed by atoms with van der Waals surface area (Å²) in [6.45, 7) is 5.52. The molecule has 3 aromatic rings. The van der Waals surface area contributed by atoms with Crippen LogP contribution in [0.2, 0.25) is 0 Å². The molecule has 1 fully saturated rings. The second-order valence-corrected chi connectivity index (χ2v) is 6.90. The Labute approximate surface area is 156 Å². The highest BCUT2D eigenvalue weighted by Gasteiger charge is 2.25. The predicted molar refractivity (Wildman–Crippen MR) is 99.1 cm³/mol. The highest BCUT2D eigenvalue weighted by atomic mass is 16.5. The number of benzene rings is 1. The van der Waals surface area contributed by atoms with Gasteiger partial charge in [-0.3, -0.25) is 4.79 Å². The third kappa shape index (κ3) is 3.40. The van der Waals surface area contributed by atoms with Crippen molar-refractivity contribution in [3.8, 4) is 5.75 Å². The first-order valence-corrected chi connectivity index (χ1v) is 8.89. The third-order valence-corrected chi connectivity index (χ3v) is 4.49. The van der Waals surface area contributed by atoms with E-state index < -0.39 is 5.97 Å². The van der Waals surface area contributed by atoms with Crippen molar-refractivity contribution in [1.82, 2.24) is 19.9 Å². The Morgan fingerprint density at radius 2 is 1.96 bits per heavy atom. The van der Waals surface area contributed by atoms with E-state index >= 15 is 0 Å². The molecule has 0 aliphatic heterocycles. The number of hydrogen-bond donors (Lipinski definition) is 1. The van der Waals surface area contributed by atoms with Crippen LogP contribution in [0.5, 0.6) is 5.75 Å². The summed E-state index contributed by atoms with van der Waals surface area (Å²) < 4.78 is 7.16. The summed E-state index contributed by atoms with van der Waals surface area (Å²) in [7, 11) is 0. The Morgan fingerprint density at radius 1 is 1.19 bits per heavy atom. The van der Waals surface area contributed by atoms with Gasteiger partial charge in [0, 0.05) is 23.0 Å². The van der Waals surface area contributed by atoms with Gasteiger partial charge in [0.05, 0.1) is 5.69 Å². The molecule has 7 nitrogen and oxygen atoms in total. The number of nitrogens with one attached hydrogen (secondary N) is 1. The normalized spacial score (nSPS) is 13.6. The monoisotopic (exact) mass is 364 g/mol. The van der Waals surface area contributed by atoms with Crippen molar-refractivity contribution >= 4 is 17.5 Å². The van der Waals surface area contributed by atoms with E-state index in [1.54, 1.807) is 35.7 Å². The number of ether oxygens (including phenoxy) is 1. The van der Waals surface area contributed by atoms with E-state index in [0.29, 0.717) is 28.2 Å². The van der Waals surface area contributed by atoms with Gasteiger partial charge in [0.15, 0.2) is 5.65 Å². The Bertz CT molecular complexity index is 1070. The first-order valence-electron chi connectivity index (χ1n) is 8.89. The predicted octanol–water partition coefficient (Wildman–Crippen LogP) is 2.77. The molecule has 7 heteroatoms. The molecule has 1 amide bonds. The number of fused-ring (bicyclic) bond motifs is 1. The quantitative estimate of drug-likeness (QED) is 0.568. The van der Waals surface area contributed by atoms with Gasteiger partial charge < -0.3 is 10.1 Å². The molecule has 1 N–H and O–H groups in total. The van der Waals surface area contributed by atoms with Crippen LogP contribution in [0.25, 0.3) is 5.65 Å². The van der Waals surface area contributed by atoms with E-state index in [0.717, 1.165) is 24.2 Å². The van der Waals surface area contributed by atoms with Gasteiger partial charge in [-0.15, -0.1) is 0 Å². The highest BCUT2D eigenvalue weighted by Crippen LogP contribution is 2.22. The molecule has 1 aliphatic carbocycles. The number of amides is 1. The van der Waals surface area contributed by atoms with E-state index in [-0.39, 0.29) is 11.9 Å². The fraction of sp³-hybridized carbons (Fsp3) is 0.300. The molecule has 1 aliphatic rings. The van der Waals surface area contributed by atoms with Crippen molar-refractivity contribution in [1.29, 1.82) is 0 Å². The van der Waals surface area contributed by atoms with Gasteiger partial charge in [0.1, 0.15) is 11.3 Å². The first kappa shape index (κ1) is 17.2. The molecule has 1 aromatic carbocycles. The zero-order valence-corrected chi connectivity index (χ0v) is 15.4. The minimum atomic E-state index is -0.542. The topological polar surface area (TPSA) is 85.6 Å². The average molecular weight is 364 g/mol. The average Bonchev–Trinajstić information content (AvgIpc) is 3.35. The summed E-state index contributed by atoms with van der Waals surface area (Å²) >= 11 is 0. The molecule has 0 spiro atoms. The number of aryl methyl sites for hydroxylation is 3. The van der Waals surface area contributed by atoms with Crippen molar-refractivity contribution in [2.45, 2.75) is 39.7 Å². The van der Waals surface area contributed by atoms with E-state index in [1.165, 1.54) is 0 Å². The molecular formula is C20H20N4O3. The zero-order valence-electron chi connectivity index (χ0n) is 15.4. The number of esters is 1. The van der Waals surface area contributed by atoms with Gasteiger partial charge >= 0.3 is 5.97 Å². The summed E-state index contributed by atoms with van der Waals surface area (Å²) in [6.07, 6.45) is 2.03. The lowest BCUT2D eigenvalue weighted by Gasteiger charge is -2.07.